The molecule has 1 saturated heterocycles. The lowest BCUT2D eigenvalue weighted by Gasteiger charge is -2.31. The van der Waals surface area contributed by atoms with Crippen LogP contribution in [-0.4, -0.2) is 43.0 Å². The Morgan fingerprint density at radius 3 is 2.56 bits per heavy atom. The first-order valence-corrected chi connectivity index (χ1v) is 13.1. The van der Waals surface area contributed by atoms with Crippen LogP contribution in [0.15, 0.2) is 54.6 Å². The molecule has 192 valence electrons. The highest BCUT2D eigenvalue weighted by Gasteiger charge is 2.36. The van der Waals surface area contributed by atoms with E-state index in [0.717, 1.165) is 29.7 Å². The monoisotopic (exact) mass is 489 g/mol. The average molecular weight is 490 g/mol. The molecule has 0 unspecified atom stereocenters. The van der Waals surface area contributed by atoms with Crippen molar-refractivity contribution in [2.75, 3.05) is 20.2 Å². The van der Waals surface area contributed by atoms with Crippen molar-refractivity contribution in [2.45, 2.75) is 70.3 Å². The summed E-state index contributed by atoms with van der Waals surface area (Å²) >= 11 is 0. The van der Waals surface area contributed by atoms with Gasteiger partial charge in [-0.05, 0) is 55.2 Å². The Hall–Kier alpha value is -3.33. The van der Waals surface area contributed by atoms with Gasteiger partial charge in [-0.15, -0.1) is 0 Å². The van der Waals surface area contributed by atoms with Crippen LogP contribution in [0.2, 0.25) is 0 Å². The average Bonchev–Trinajstić information content (AvgIpc) is 3.40. The van der Waals surface area contributed by atoms with Crippen LogP contribution < -0.4 is 10.1 Å². The Kier molecular flexibility index (Phi) is 9.93. The molecule has 1 aliphatic heterocycles. The minimum absolute atomic E-state index is 0.0317. The van der Waals surface area contributed by atoms with Gasteiger partial charge in [-0.1, -0.05) is 68.8 Å². The predicted octanol–water partition coefficient (Wildman–Crippen LogP) is 5.02. The summed E-state index contributed by atoms with van der Waals surface area (Å²) < 4.78 is 5.38. The fraction of sp³-hybridized carbons (Fsp3) is 0.500. The molecular formula is C30H39N3O3. The zero-order valence-corrected chi connectivity index (χ0v) is 21.8. The molecule has 6 heteroatoms. The van der Waals surface area contributed by atoms with Crippen molar-refractivity contribution in [1.82, 2.24) is 10.2 Å². The van der Waals surface area contributed by atoms with E-state index in [1.807, 2.05) is 54.6 Å². The molecular weight excluding hydrogens is 450 g/mol. The molecule has 2 amide bonds. The van der Waals surface area contributed by atoms with Crippen molar-refractivity contribution in [1.29, 1.82) is 5.26 Å². The van der Waals surface area contributed by atoms with Crippen LogP contribution in [0.25, 0.3) is 0 Å². The summed E-state index contributed by atoms with van der Waals surface area (Å²) in [4.78, 5) is 27.6. The molecule has 0 radical (unpaired) electrons. The maximum absolute atomic E-state index is 13.0. The first kappa shape index (κ1) is 27.3. The number of hydrogen-bond donors (Lipinski definition) is 1. The van der Waals surface area contributed by atoms with Crippen LogP contribution in [0, 0.1) is 17.2 Å². The fourth-order valence-electron chi connectivity index (χ4n) is 5.26. The summed E-state index contributed by atoms with van der Waals surface area (Å²) in [6, 6.07) is 19.9. The van der Waals surface area contributed by atoms with E-state index >= 15 is 0 Å². The standard InChI is InChI=1S/C30H39N3O3/c1-23(2)30(22-31,25-13-5-4-6-14-25)19-10-9-17-28(34)33-21-11-15-26(33)29(35)32-20-18-24-12-7-8-16-27(24)36-3/h4-8,12-14,16,23,26H,9-11,15,17-21H2,1-3H3,(H,32,35)/t26-,30+/m1/s1. The summed E-state index contributed by atoms with van der Waals surface area (Å²) in [6.45, 7) is 5.30. The fourth-order valence-corrected chi connectivity index (χ4v) is 5.26. The smallest absolute Gasteiger partial charge is 0.242 e. The summed E-state index contributed by atoms with van der Waals surface area (Å²) in [5.41, 5.74) is 1.53. The number of carbonyl (C=O) groups excluding carboxylic acids is 2. The largest absolute Gasteiger partial charge is 0.496 e. The molecule has 0 saturated carbocycles. The molecule has 0 aromatic heterocycles. The number of ether oxygens (including phenoxy) is 1. The first-order chi connectivity index (χ1) is 17.4. The summed E-state index contributed by atoms with van der Waals surface area (Å²) in [6.07, 6.45) is 4.83. The number of nitriles is 1. The molecule has 0 spiro atoms. The second-order valence-electron chi connectivity index (χ2n) is 9.91. The molecule has 1 fully saturated rings. The number of para-hydroxylation sites is 1. The third kappa shape index (κ3) is 6.46. The number of hydrogen-bond acceptors (Lipinski definition) is 4. The molecule has 0 bridgehead atoms. The molecule has 0 aliphatic carbocycles. The van der Waals surface area contributed by atoms with Gasteiger partial charge in [-0.3, -0.25) is 9.59 Å². The third-order valence-electron chi connectivity index (χ3n) is 7.45. The van der Waals surface area contributed by atoms with Crippen LogP contribution in [-0.2, 0) is 21.4 Å². The molecule has 3 rings (SSSR count). The normalized spacial score (nSPS) is 16.9. The van der Waals surface area contributed by atoms with Crippen LogP contribution in [0.5, 0.6) is 5.75 Å². The van der Waals surface area contributed by atoms with Gasteiger partial charge in [0.1, 0.15) is 11.8 Å². The van der Waals surface area contributed by atoms with E-state index < -0.39 is 11.5 Å². The van der Waals surface area contributed by atoms with Gasteiger partial charge in [0.2, 0.25) is 11.8 Å². The SMILES string of the molecule is COc1ccccc1CCNC(=O)[C@H]1CCCN1C(=O)CCCC[C@@](C#N)(c1ccccc1)C(C)C. The van der Waals surface area contributed by atoms with E-state index in [1.165, 1.54) is 0 Å². The summed E-state index contributed by atoms with van der Waals surface area (Å²) in [5.74, 6) is 0.935. The number of rotatable bonds is 12. The second kappa shape index (κ2) is 13.1. The van der Waals surface area contributed by atoms with Crippen LogP contribution in [0.1, 0.15) is 63.5 Å². The Labute approximate surface area is 215 Å². The van der Waals surface area contributed by atoms with Crippen LogP contribution in [0.3, 0.4) is 0 Å². The van der Waals surface area contributed by atoms with Gasteiger partial charge in [-0.25, -0.2) is 0 Å². The lowest BCUT2D eigenvalue weighted by molar-refractivity contribution is -0.138. The van der Waals surface area contributed by atoms with E-state index in [1.54, 1.807) is 12.0 Å². The minimum atomic E-state index is -0.554. The maximum atomic E-state index is 13.0. The molecule has 36 heavy (non-hydrogen) atoms. The number of nitrogens with one attached hydrogen (secondary N) is 1. The quantitative estimate of drug-likeness (QED) is 0.424. The molecule has 2 atom stereocenters. The number of unbranched alkanes of at least 4 members (excludes halogenated alkanes) is 1. The Morgan fingerprint density at radius 1 is 1.14 bits per heavy atom. The predicted molar refractivity (Wildman–Crippen MR) is 141 cm³/mol. The second-order valence-corrected chi connectivity index (χ2v) is 9.91. The lowest BCUT2D eigenvalue weighted by Crippen LogP contribution is -2.46. The van der Waals surface area contributed by atoms with Crippen molar-refractivity contribution in [2.24, 2.45) is 5.92 Å². The highest BCUT2D eigenvalue weighted by molar-refractivity contribution is 5.88. The number of carbonyl (C=O) groups is 2. The zero-order chi connectivity index (χ0) is 26.0. The number of likely N-dealkylation sites (tertiary alicyclic amines) is 1. The zero-order valence-electron chi connectivity index (χ0n) is 21.8. The number of methoxy groups -OCH3 is 1. The van der Waals surface area contributed by atoms with E-state index in [2.05, 4.69) is 25.2 Å². The lowest BCUT2D eigenvalue weighted by atomic mass is 9.69. The molecule has 2 aromatic rings. The topological polar surface area (TPSA) is 82.4 Å². The summed E-state index contributed by atoms with van der Waals surface area (Å²) in [7, 11) is 1.64. The molecule has 1 N–H and O–H groups in total. The van der Waals surface area contributed by atoms with Crippen molar-refractivity contribution in [3.63, 3.8) is 0 Å². The minimum Gasteiger partial charge on any atom is -0.496 e. The van der Waals surface area contributed by atoms with Crippen LogP contribution in [0.4, 0.5) is 0 Å². The molecule has 1 heterocycles. The molecule has 2 aromatic carbocycles. The van der Waals surface area contributed by atoms with Gasteiger partial charge in [0.25, 0.3) is 0 Å². The van der Waals surface area contributed by atoms with Gasteiger partial charge in [0.15, 0.2) is 0 Å². The number of nitrogens with zero attached hydrogens (tertiary/aromatic N) is 2. The number of amides is 2. The highest BCUT2D eigenvalue weighted by atomic mass is 16.5. The van der Waals surface area contributed by atoms with E-state index in [4.69, 9.17) is 4.74 Å². The Balaban J connectivity index is 1.49. The van der Waals surface area contributed by atoms with Crippen molar-refractivity contribution >= 4 is 11.8 Å². The van der Waals surface area contributed by atoms with Crippen molar-refractivity contribution < 1.29 is 14.3 Å². The maximum Gasteiger partial charge on any atom is 0.242 e. The van der Waals surface area contributed by atoms with Gasteiger partial charge >= 0.3 is 0 Å². The number of benzene rings is 2. The molecule has 6 nitrogen and oxygen atoms in total. The first-order valence-electron chi connectivity index (χ1n) is 13.1. The third-order valence-corrected chi connectivity index (χ3v) is 7.45. The summed E-state index contributed by atoms with van der Waals surface area (Å²) in [5, 5.41) is 13.1. The Bertz CT molecular complexity index is 1050. The van der Waals surface area contributed by atoms with E-state index in [9.17, 15) is 14.9 Å². The van der Waals surface area contributed by atoms with Crippen molar-refractivity contribution in [3.05, 3.63) is 65.7 Å². The van der Waals surface area contributed by atoms with E-state index in [-0.39, 0.29) is 17.7 Å². The van der Waals surface area contributed by atoms with Crippen LogP contribution >= 0.6 is 0 Å². The van der Waals surface area contributed by atoms with E-state index in [0.29, 0.717) is 45.2 Å². The van der Waals surface area contributed by atoms with Crippen molar-refractivity contribution in [3.8, 4) is 11.8 Å². The molecule has 1 aliphatic rings. The van der Waals surface area contributed by atoms with Gasteiger partial charge in [0, 0.05) is 19.5 Å². The van der Waals surface area contributed by atoms with Gasteiger partial charge < -0.3 is 15.0 Å². The Morgan fingerprint density at radius 2 is 1.86 bits per heavy atom. The highest BCUT2D eigenvalue weighted by Crippen LogP contribution is 2.37. The van der Waals surface area contributed by atoms with Gasteiger partial charge in [-0.2, -0.15) is 5.26 Å². The van der Waals surface area contributed by atoms with Gasteiger partial charge in [0.05, 0.1) is 18.6 Å².